The molecule has 0 saturated carbocycles. The molecule has 2 aromatic carbocycles. The maximum Gasteiger partial charge on any atom is 0.125 e. The normalized spacial score (nSPS) is 12.2. The fourth-order valence-corrected chi connectivity index (χ4v) is 2.41. The van der Waals surface area contributed by atoms with E-state index >= 15 is 0 Å². The van der Waals surface area contributed by atoms with Crippen LogP contribution in [0, 0.1) is 0 Å². The third kappa shape index (κ3) is 3.17. The molecule has 0 saturated heterocycles. The molecule has 3 heteroatoms. The molecule has 0 spiro atoms. The first-order valence-corrected chi connectivity index (χ1v) is 7.05. The summed E-state index contributed by atoms with van der Waals surface area (Å²) in [5.74, 6) is 0.690. The minimum atomic E-state index is -0.682. The molecule has 2 aromatic rings. The van der Waals surface area contributed by atoms with Gasteiger partial charge in [0, 0.05) is 10.0 Å². The van der Waals surface area contributed by atoms with Gasteiger partial charge >= 0.3 is 0 Å². The fourth-order valence-electron chi connectivity index (χ4n) is 2.03. The zero-order chi connectivity index (χ0) is 13.8. The molecule has 0 bridgehead atoms. The molecule has 2 rings (SSSR count). The molecule has 1 N–H and O–H groups in total. The number of methoxy groups -OCH3 is 1. The van der Waals surface area contributed by atoms with E-state index in [1.165, 1.54) is 5.56 Å². The average molecular weight is 321 g/mol. The van der Waals surface area contributed by atoms with Gasteiger partial charge in [0.1, 0.15) is 11.9 Å². The number of rotatable bonds is 4. The Labute approximate surface area is 122 Å². The molecule has 1 atom stereocenters. The summed E-state index contributed by atoms with van der Waals surface area (Å²) in [5.41, 5.74) is 2.90. The highest BCUT2D eigenvalue weighted by Crippen LogP contribution is 2.32. The topological polar surface area (TPSA) is 29.5 Å². The largest absolute Gasteiger partial charge is 0.496 e. The molecule has 0 aliphatic heterocycles. The van der Waals surface area contributed by atoms with Crippen LogP contribution in [0.2, 0.25) is 0 Å². The Balaban J connectivity index is 2.36. The van der Waals surface area contributed by atoms with Gasteiger partial charge in [-0.3, -0.25) is 0 Å². The summed E-state index contributed by atoms with van der Waals surface area (Å²) in [6.45, 7) is 2.11. The molecule has 0 aliphatic rings. The summed E-state index contributed by atoms with van der Waals surface area (Å²) in [6, 6.07) is 13.6. The van der Waals surface area contributed by atoms with Gasteiger partial charge in [-0.25, -0.2) is 0 Å². The van der Waals surface area contributed by atoms with Gasteiger partial charge < -0.3 is 9.84 Å². The van der Waals surface area contributed by atoms with Crippen molar-refractivity contribution >= 4 is 15.9 Å². The summed E-state index contributed by atoms with van der Waals surface area (Å²) < 4.78 is 6.23. The van der Waals surface area contributed by atoms with Crippen LogP contribution < -0.4 is 4.74 Å². The predicted molar refractivity (Wildman–Crippen MR) is 80.6 cm³/mol. The first-order valence-electron chi connectivity index (χ1n) is 6.26. The Kier molecular flexibility index (Phi) is 4.61. The Bertz CT molecular complexity index is 549. The standard InChI is InChI=1S/C16H17BrO2/c1-3-11-4-6-12(7-5-11)16(18)14-10-13(17)8-9-15(14)19-2/h4-10,16,18H,3H2,1-2H3. The van der Waals surface area contributed by atoms with Crippen LogP contribution in [-0.4, -0.2) is 12.2 Å². The van der Waals surface area contributed by atoms with Crippen molar-refractivity contribution < 1.29 is 9.84 Å². The molecular weight excluding hydrogens is 304 g/mol. The highest BCUT2D eigenvalue weighted by atomic mass is 79.9. The first kappa shape index (κ1) is 14.1. The van der Waals surface area contributed by atoms with Crippen LogP contribution in [0.25, 0.3) is 0 Å². The van der Waals surface area contributed by atoms with Crippen LogP contribution in [0.15, 0.2) is 46.9 Å². The average Bonchev–Trinajstić information content (AvgIpc) is 2.46. The number of hydrogen-bond donors (Lipinski definition) is 1. The molecule has 0 aromatic heterocycles. The van der Waals surface area contributed by atoms with Crippen LogP contribution in [0.3, 0.4) is 0 Å². The zero-order valence-electron chi connectivity index (χ0n) is 11.1. The number of hydrogen-bond acceptors (Lipinski definition) is 2. The summed E-state index contributed by atoms with van der Waals surface area (Å²) in [5, 5.41) is 10.5. The fraction of sp³-hybridized carbons (Fsp3) is 0.250. The van der Waals surface area contributed by atoms with E-state index in [2.05, 4.69) is 22.9 Å². The van der Waals surface area contributed by atoms with Gasteiger partial charge in [-0.15, -0.1) is 0 Å². The number of aryl methyl sites for hydroxylation is 1. The smallest absolute Gasteiger partial charge is 0.125 e. The van der Waals surface area contributed by atoms with Crippen molar-refractivity contribution in [3.8, 4) is 5.75 Å². The van der Waals surface area contributed by atoms with Crippen molar-refractivity contribution in [2.24, 2.45) is 0 Å². The maximum absolute atomic E-state index is 10.5. The van der Waals surface area contributed by atoms with E-state index in [0.717, 1.165) is 22.0 Å². The van der Waals surface area contributed by atoms with Crippen LogP contribution >= 0.6 is 15.9 Å². The molecule has 1 unspecified atom stereocenters. The number of halogens is 1. The minimum absolute atomic E-state index is 0.682. The monoisotopic (exact) mass is 320 g/mol. The summed E-state index contributed by atoms with van der Waals surface area (Å²) in [6.07, 6.45) is 0.315. The van der Waals surface area contributed by atoms with E-state index in [4.69, 9.17) is 4.74 Å². The Hall–Kier alpha value is -1.32. The third-order valence-corrected chi connectivity index (χ3v) is 3.68. The molecule has 19 heavy (non-hydrogen) atoms. The van der Waals surface area contributed by atoms with E-state index in [1.54, 1.807) is 7.11 Å². The van der Waals surface area contributed by atoms with E-state index in [1.807, 2.05) is 42.5 Å². The highest BCUT2D eigenvalue weighted by Gasteiger charge is 2.15. The number of aliphatic hydroxyl groups is 1. The Morgan fingerprint density at radius 2 is 1.84 bits per heavy atom. The van der Waals surface area contributed by atoms with Crippen molar-refractivity contribution in [2.75, 3.05) is 7.11 Å². The maximum atomic E-state index is 10.5. The lowest BCUT2D eigenvalue weighted by molar-refractivity contribution is 0.214. The van der Waals surface area contributed by atoms with Crippen LogP contribution in [0.5, 0.6) is 5.75 Å². The van der Waals surface area contributed by atoms with Crippen LogP contribution in [-0.2, 0) is 6.42 Å². The molecule has 0 amide bonds. The molecule has 0 fully saturated rings. The summed E-state index contributed by atoms with van der Waals surface area (Å²) >= 11 is 3.42. The Morgan fingerprint density at radius 1 is 1.16 bits per heavy atom. The van der Waals surface area contributed by atoms with Crippen LogP contribution in [0.1, 0.15) is 29.7 Å². The van der Waals surface area contributed by atoms with E-state index in [-0.39, 0.29) is 0 Å². The number of ether oxygens (including phenoxy) is 1. The van der Waals surface area contributed by atoms with Gasteiger partial charge in [0.05, 0.1) is 7.11 Å². The Morgan fingerprint density at radius 3 is 2.42 bits per heavy atom. The van der Waals surface area contributed by atoms with Crippen molar-refractivity contribution in [3.05, 3.63) is 63.6 Å². The third-order valence-electron chi connectivity index (χ3n) is 3.19. The van der Waals surface area contributed by atoms with Gasteiger partial charge in [-0.1, -0.05) is 47.1 Å². The van der Waals surface area contributed by atoms with E-state index < -0.39 is 6.10 Å². The van der Waals surface area contributed by atoms with Crippen LogP contribution in [0.4, 0.5) is 0 Å². The molecule has 0 radical (unpaired) electrons. The van der Waals surface area contributed by atoms with Gasteiger partial charge in [-0.05, 0) is 35.7 Å². The minimum Gasteiger partial charge on any atom is -0.496 e. The van der Waals surface area contributed by atoms with Gasteiger partial charge in [0.2, 0.25) is 0 Å². The number of benzene rings is 2. The highest BCUT2D eigenvalue weighted by molar-refractivity contribution is 9.10. The molecule has 0 aliphatic carbocycles. The van der Waals surface area contributed by atoms with Gasteiger partial charge in [-0.2, -0.15) is 0 Å². The van der Waals surface area contributed by atoms with E-state index in [9.17, 15) is 5.11 Å². The summed E-state index contributed by atoms with van der Waals surface area (Å²) in [4.78, 5) is 0. The summed E-state index contributed by atoms with van der Waals surface area (Å²) in [7, 11) is 1.61. The first-order chi connectivity index (χ1) is 9.15. The lowest BCUT2D eigenvalue weighted by atomic mass is 9.99. The second kappa shape index (κ2) is 6.22. The zero-order valence-corrected chi connectivity index (χ0v) is 12.6. The lowest BCUT2D eigenvalue weighted by Gasteiger charge is -2.16. The SMILES string of the molecule is CCc1ccc(C(O)c2cc(Br)ccc2OC)cc1. The molecule has 2 nitrogen and oxygen atoms in total. The second-order valence-corrected chi connectivity index (χ2v) is 5.30. The van der Waals surface area contributed by atoms with Gasteiger partial charge in [0.25, 0.3) is 0 Å². The number of aliphatic hydroxyl groups excluding tert-OH is 1. The van der Waals surface area contributed by atoms with Crippen molar-refractivity contribution in [2.45, 2.75) is 19.4 Å². The lowest BCUT2D eigenvalue weighted by Crippen LogP contribution is -2.02. The second-order valence-electron chi connectivity index (χ2n) is 4.38. The quantitative estimate of drug-likeness (QED) is 0.918. The van der Waals surface area contributed by atoms with Crippen molar-refractivity contribution in [3.63, 3.8) is 0 Å². The predicted octanol–water partition coefficient (Wildman–Crippen LogP) is 4.10. The van der Waals surface area contributed by atoms with Crippen molar-refractivity contribution in [1.82, 2.24) is 0 Å². The van der Waals surface area contributed by atoms with E-state index in [0.29, 0.717) is 5.75 Å². The molecular formula is C16H17BrO2. The van der Waals surface area contributed by atoms with Crippen molar-refractivity contribution in [1.29, 1.82) is 0 Å². The van der Waals surface area contributed by atoms with Gasteiger partial charge in [0.15, 0.2) is 0 Å². The molecule has 100 valence electrons. The molecule has 0 heterocycles.